The Labute approximate surface area is 100 Å². The number of alkyl halides is 4. The molecule has 1 heterocycles. The molecule has 18 heavy (non-hydrogen) atoms. The minimum atomic E-state index is -4.27. The molecule has 0 spiro atoms. The van der Waals surface area contributed by atoms with E-state index in [4.69, 9.17) is 5.73 Å². The van der Waals surface area contributed by atoms with Gasteiger partial charge in [-0.3, -0.25) is 0 Å². The van der Waals surface area contributed by atoms with Crippen LogP contribution in [0, 0.1) is 0 Å². The smallest absolute Gasteiger partial charge is 0.326 e. The SMILES string of the molecule is Cn1c(C(F)(F)C(F)F)nc2cc(CN)ccc21. The molecule has 2 rings (SSSR count). The van der Waals surface area contributed by atoms with Crippen LogP contribution in [0.5, 0.6) is 0 Å². The first-order valence-electron chi connectivity index (χ1n) is 5.19. The zero-order valence-corrected chi connectivity index (χ0v) is 9.50. The topological polar surface area (TPSA) is 43.8 Å². The zero-order chi connectivity index (χ0) is 13.5. The number of halogens is 4. The molecule has 0 amide bonds. The van der Waals surface area contributed by atoms with E-state index in [2.05, 4.69) is 4.98 Å². The Bertz CT molecular complexity index is 577. The number of aromatic nitrogens is 2. The summed E-state index contributed by atoms with van der Waals surface area (Å²) in [4.78, 5) is 3.59. The van der Waals surface area contributed by atoms with Crippen molar-refractivity contribution in [2.45, 2.75) is 18.9 Å². The number of nitrogens with two attached hydrogens (primary N) is 1. The van der Waals surface area contributed by atoms with E-state index in [1.807, 2.05) is 0 Å². The van der Waals surface area contributed by atoms with E-state index < -0.39 is 18.2 Å². The molecule has 0 saturated heterocycles. The van der Waals surface area contributed by atoms with Crippen molar-refractivity contribution in [1.29, 1.82) is 0 Å². The van der Waals surface area contributed by atoms with Crippen molar-refractivity contribution < 1.29 is 17.6 Å². The summed E-state index contributed by atoms with van der Waals surface area (Å²) >= 11 is 0. The summed E-state index contributed by atoms with van der Waals surface area (Å²) in [6.07, 6.45) is -3.79. The number of nitrogens with zero attached hydrogens (tertiary/aromatic N) is 2. The fourth-order valence-electron chi connectivity index (χ4n) is 1.77. The lowest BCUT2D eigenvalue weighted by molar-refractivity contribution is -0.142. The van der Waals surface area contributed by atoms with E-state index in [-0.39, 0.29) is 12.1 Å². The number of rotatable bonds is 3. The molecule has 0 atom stereocenters. The number of hydrogen-bond acceptors (Lipinski definition) is 2. The van der Waals surface area contributed by atoms with Crippen molar-refractivity contribution in [3.63, 3.8) is 0 Å². The van der Waals surface area contributed by atoms with E-state index in [0.717, 1.165) is 4.57 Å². The maximum Gasteiger partial charge on any atom is 0.364 e. The molecule has 0 bridgehead atoms. The normalized spacial score (nSPS) is 12.6. The summed E-state index contributed by atoms with van der Waals surface area (Å²) in [5, 5.41) is 0. The van der Waals surface area contributed by atoms with Crippen LogP contribution in [0.3, 0.4) is 0 Å². The number of fused-ring (bicyclic) bond motifs is 1. The monoisotopic (exact) mass is 261 g/mol. The van der Waals surface area contributed by atoms with E-state index in [9.17, 15) is 17.6 Å². The Kier molecular flexibility index (Phi) is 3.02. The van der Waals surface area contributed by atoms with Gasteiger partial charge < -0.3 is 10.3 Å². The number of imidazole rings is 1. The number of aryl methyl sites for hydroxylation is 1. The maximum absolute atomic E-state index is 13.3. The average Bonchev–Trinajstić information content (AvgIpc) is 2.66. The highest BCUT2D eigenvalue weighted by Crippen LogP contribution is 2.35. The van der Waals surface area contributed by atoms with Crippen LogP contribution in [0.1, 0.15) is 11.4 Å². The Morgan fingerprint density at radius 3 is 2.61 bits per heavy atom. The van der Waals surface area contributed by atoms with Gasteiger partial charge in [0.25, 0.3) is 0 Å². The third-order valence-corrected chi connectivity index (χ3v) is 2.75. The quantitative estimate of drug-likeness (QED) is 0.862. The average molecular weight is 261 g/mol. The van der Waals surface area contributed by atoms with Crippen molar-refractivity contribution in [3.8, 4) is 0 Å². The van der Waals surface area contributed by atoms with Crippen molar-refractivity contribution >= 4 is 11.0 Å². The fraction of sp³-hybridized carbons (Fsp3) is 0.364. The van der Waals surface area contributed by atoms with Gasteiger partial charge in [0.05, 0.1) is 11.0 Å². The van der Waals surface area contributed by atoms with E-state index in [1.54, 1.807) is 6.07 Å². The van der Waals surface area contributed by atoms with Gasteiger partial charge in [-0.2, -0.15) is 8.78 Å². The molecule has 98 valence electrons. The summed E-state index contributed by atoms with van der Waals surface area (Å²) < 4.78 is 52.2. The Hall–Kier alpha value is -1.63. The van der Waals surface area contributed by atoms with Crippen molar-refractivity contribution in [2.24, 2.45) is 12.8 Å². The van der Waals surface area contributed by atoms with Crippen molar-refractivity contribution in [3.05, 3.63) is 29.6 Å². The van der Waals surface area contributed by atoms with Crippen molar-refractivity contribution in [1.82, 2.24) is 9.55 Å². The van der Waals surface area contributed by atoms with Gasteiger partial charge >= 0.3 is 12.3 Å². The first kappa shape index (κ1) is 12.8. The van der Waals surface area contributed by atoms with Crippen LogP contribution in [0.15, 0.2) is 18.2 Å². The van der Waals surface area contributed by atoms with Crippen LogP contribution in [-0.2, 0) is 19.5 Å². The standard InChI is InChI=1S/C11H11F4N3/c1-18-8-3-2-6(5-16)4-7(8)17-10(18)11(14,15)9(12)13/h2-4,9H,5,16H2,1H3. The molecule has 1 aromatic heterocycles. The Morgan fingerprint density at radius 2 is 2.06 bits per heavy atom. The van der Waals surface area contributed by atoms with Gasteiger partial charge in [-0.25, -0.2) is 13.8 Å². The summed E-state index contributed by atoms with van der Waals surface area (Å²) in [5.74, 6) is -5.21. The predicted molar refractivity (Wildman–Crippen MR) is 58.5 cm³/mol. The summed E-state index contributed by atoms with van der Waals surface area (Å²) in [5.41, 5.74) is 6.71. The maximum atomic E-state index is 13.3. The number of benzene rings is 1. The molecule has 0 saturated carbocycles. The molecule has 2 aromatic rings. The van der Waals surface area contributed by atoms with E-state index >= 15 is 0 Å². The first-order valence-corrected chi connectivity index (χ1v) is 5.19. The highest BCUT2D eigenvalue weighted by Gasteiger charge is 2.46. The van der Waals surface area contributed by atoms with Crippen LogP contribution in [0.25, 0.3) is 11.0 Å². The van der Waals surface area contributed by atoms with Gasteiger partial charge in [0.1, 0.15) is 0 Å². The second kappa shape index (κ2) is 4.24. The van der Waals surface area contributed by atoms with Gasteiger partial charge in [-0.15, -0.1) is 0 Å². The molecule has 0 radical (unpaired) electrons. The summed E-state index contributed by atoms with van der Waals surface area (Å²) in [6, 6.07) is 4.70. The Balaban J connectivity index is 2.64. The van der Waals surface area contributed by atoms with Crippen LogP contribution < -0.4 is 5.73 Å². The Morgan fingerprint density at radius 1 is 1.39 bits per heavy atom. The molecule has 0 fully saturated rings. The second-order valence-corrected chi connectivity index (χ2v) is 3.95. The highest BCUT2D eigenvalue weighted by atomic mass is 19.3. The molecular formula is C11H11F4N3. The summed E-state index contributed by atoms with van der Waals surface area (Å²) in [6.45, 7) is 0.229. The lowest BCUT2D eigenvalue weighted by atomic mass is 10.2. The van der Waals surface area contributed by atoms with E-state index in [0.29, 0.717) is 11.1 Å². The molecule has 7 heteroatoms. The molecule has 3 nitrogen and oxygen atoms in total. The third kappa shape index (κ3) is 1.84. The zero-order valence-electron chi connectivity index (χ0n) is 9.50. The fourth-order valence-corrected chi connectivity index (χ4v) is 1.77. The van der Waals surface area contributed by atoms with Gasteiger partial charge in [0, 0.05) is 13.6 Å². The second-order valence-electron chi connectivity index (χ2n) is 3.95. The lowest BCUT2D eigenvalue weighted by Crippen LogP contribution is -2.27. The van der Waals surface area contributed by atoms with Gasteiger partial charge in [-0.1, -0.05) is 6.07 Å². The third-order valence-electron chi connectivity index (χ3n) is 2.75. The molecule has 1 aromatic carbocycles. The van der Waals surface area contributed by atoms with Gasteiger partial charge in [0.15, 0.2) is 5.82 Å². The molecule has 0 aliphatic rings. The molecule has 0 unspecified atom stereocenters. The van der Waals surface area contributed by atoms with Gasteiger partial charge in [-0.05, 0) is 17.7 Å². The predicted octanol–water partition coefficient (Wildman–Crippen LogP) is 2.39. The molecule has 2 N–H and O–H groups in total. The van der Waals surface area contributed by atoms with Crippen LogP contribution in [-0.4, -0.2) is 16.0 Å². The van der Waals surface area contributed by atoms with Crippen LogP contribution >= 0.6 is 0 Å². The van der Waals surface area contributed by atoms with Crippen LogP contribution in [0.2, 0.25) is 0 Å². The highest BCUT2D eigenvalue weighted by molar-refractivity contribution is 5.77. The lowest BCUT2D eigenvalue weighted by Gasteiger charge is -2.14. The molecule has 0 aliphatic carbocycles. The molecular weight excluding hydrogens is 250 g/mol. The minimum Gasteiger partial charge on any atom is -0.326 e. The van der Waals surface area contributed by atoms with E-state index in [1.165, 1.54) is 19.2 Å². The summed E-state index contributed by atoms with van der Waals surface area (Å²) in [7, 11) is 1.28. The van der Waals surface area contributed by atoms with Gasteiger partial charge in [0.2, 0.25) is 0 Å². The minimum absolute atomic E-state index is 0.229. The van der Waals surface area contributed by atoms with Crippen LogP contribution in [0.4, 0.5) is 17.6 Å². The van der Waals surface area contributed by atoms with Crippen molar-refractivity contribution in [2.75, 3.05) is 0 Å². The largest absolute Gasteiger partial charge is 0.364 e. The number of hydrogen-bond donors (Lipinski definition) is 1. The molecule has 0 aliphatic heterocycles. The first-order chi connectivity index (χ1) is 8.37.